The van der Waals surface area contributed by atoms with Gasteiger partial charge in [0.2, 0.25) is 0 Å². The second-order valence-corrected chi connectivity index (χ2v) is 5.70. The summed E-state index contributed by atoms with van der Waals surface area (Å²) < 4.78 is 3.79. The van der Waals surface area contributed by atoms with Gasteiger partial charge < -0.3 is 10.2 Å². The van der Waals surface area contributed by atoms with E-state index in [4.69, 9.17) is 0 Å². The predicted molar refractivity (Wildman–Crippen MR) is 90.6 cm³/mol. The van der Waals surface area contributed by atoms with E-state index in [0.717, 1.165) is 31.1 Å². The van der Waals surface area contributed by atoms with Gasteiger partial charge in [0.1, 0.15) is 18.5 Å². The van der Waals surface area contributed by atoms with Gasteiger partial charge in [0.25, 0.3) is 0 Å². The van der Waals surface area contributed by atoms with Crippen molar-refractivity contribution in [2.45, 2.75) is 32.9 Å². The molecular formula is C14H26ClN7. The van der Waals surface area contributed by atoms with Crippen LogP contribution in [0.4, 0.5) is 5.82 Å². The lowest BCUT2D eigenvalue weighted by atomic mass is 10.1. The number of aromatic nitrogens is 5. The number of nitrogens with zero attached hydrogens (tertiary/aromatic N) is 6. The van der Waals surface area contributed by atoms with E-state index >= 15 is 0 Å². The molecule has 0 atom stereocenters. The van der Waals surface area contributed by atoms with Gasteiger partial charge in [-0.15, -0.1) is 12.4 Å². The number of hydrogen-bond donors (Lipinski definition) is 1. The van der Waals surface area contributed by atoms with Gasteiger partial charge in [-0.2, -0.15) is 10.2 Å². The third kappa shape index (κ3) is 4.20. The zero-order valence-corrected chi connectivity index (χ0v) is 14.8. The molecule has 0 amide bonds. The molecular weight excluding hydrogens is 302 g/mol. The minimum absolute atomic E-state index is 0. The molecule has 0 aromatic carbocycles. The van der Waals surface area contributed by atoms with Crippen LogP contribution < -0.4 is 10.2 Å². The summed E-state index contributed by atoms with van der Waals surface area (Å²) in [5.41, 5.74) is 2.44. The number of anilines is 1. The van der Waals surface area contributed by atoms with Crippen LogP contribution in [-0.2, 0) is 20.1 Å². The first kappa shape index (κ1) is 18.4. The summed E-state index contributed by atoms with van der Waals surface area (Å²) in [5.74, 6) is 1.57. The van der Waals surface area contributed by atoms with Crippen molar-refractivity contribution in [2.75, 3.05) is 25.5 Å². The highest BCUT2D eigenvalue weighted by atomic mass is 35.5. The number of aryl methyl sites for hydroxylation is 1. The molecule has 0 aliphatic rings. The van der Waals surface area contributed by atoms with Gasteiger partial charge in [0.15, 0.2) is 0 Å². The fourth-order valence-electron chi connectivity index (χ4n) is 2.53. The average molecular weight is 328 g/mol. The Morgan fingerprint density at radius 3 is 2.59 bits per heavy atom. The second kappa shape index (κ2) is 8.14. The Hall–Kier alpha value is -1.60. The SMILES string of the molecule is CC(C)c1nn(C)c(N(C)C)c1CNCCn1cncn1.Cl. The maximum atomic E-state index is 4.67. The molecule has 0 saturated heterocycles. The molecule has 2 heterocycles. The lowest BCUT2D eigenvalue weighted by Crippen LogP contribution is -2.22. The molecule has 0 radical (unpaired) electrons. The van der Waals surface area contributed by atoms with Gasteiger partial charge in [0.05, 0.1) is 12.2 Å². The van der Waals surface area contributed by atoms with Gasteiger partial charge >= 0.3 is 0 Å². The first-order valence-corrected chi connectivity index (χ1v) is 7.27. The quantitative estimate of drug-likeness (QED) is 0.779. The first-order chi connectivity index (χ1) is 10.0. The zero-order valence-electron chi connectivity index (χ0n) is 13.9. The summed E-state index contributed by atoms with van der Waals surface area (Å²) >= 11 is 0. The van der Waals surface area contributed by atoms with Crippen molar-refractivity contribution in [1.29, 1.82) is 0 Å². The fourth-order valence-corrected chi connectivity index (χ4v) is 2.53. The molecule has 0 bridgehead atoms. The van der Waals surface area contributed by atoms with Crippen LogP contribution in [0, 0.1) is 0 Å². The van der Waals surface area contributed by atoms with E-state index in [1.54, 1.807) is 12.7 Å². The molecule has 2 aromatic rings. The second-order valence-electron chi connectivity index (χ2n) is 5.70. The van der Waals surface area contributed by atoms with Crippen molar-refractivity contribution in [3.8, 4) is 0 Å². The third-order valence-corrected chi connectivity index (χ3v) is 3.40. The van der Waals surface area contributed by atoms with E-state index in [-0.39, 0.29) is 12.4 Å². The Labute approximate surface area is 138 Å². The first-order valence-electron chi connectivity index (χ1n) is 7.27. The summed E-state index contributed by atoms with van der Waals surface area (Å²) in [6.07, 6.45) is 3.29. The van der Waals surface area contributed by atoms with Crippen molar-refractivity contribution in [3.63, 3.8) is 0 Å². The van der Waals surface area contributed by atoms with Crippen LogP contribution in [0.1, 0.15) is 31.0 Å². The highest BCUT2D eigenvalue weighted by molar-refractivity contribution is 5.85. The molecule has 124 valence electrons. The van der Waals surface area contributed by atoms with Crippen LogP contribution in [0.2, 0.25) is 0 Å². The highest BCUT2D eigenvalue weighted by Crippen LogP contribution is 2.26. The van der Waals surface area contributed by atoms with E-state index < -0.39 is 0 Å². The smallest absolute Gasteiger partial charge is 0.137 e. The maximum Gasteiger partial charge on any atom is 0.137 e. The molecule has 0 aliphatic carbocycles. The Bertz CT molecular complexity index is 560. The van der Waals surface area contributed by atoms with E-state index in [0.29, 0.717) is 5.92 Å². The topological polar surface area (TPSA) is 63.8 Å². The van der Waals surface area contributed by atoms with Crippen molar-refractivity contribution >= 4 is 18.2 Å². The van der Waals surface area contributed by atoms with Crippen molar-refractivity contribution in [2.24, 2.45) is 7.05 Å². The number of halogens is 1. The van der Waals surface area contributed by atoms with Crippen molar-refractivity contribution in [3.05, 3.63) is 23.9 Å². The molecule has 0 aliphatic heterocycles. The fraction of sp³-hybridized carbons (Fsp3) is 0.643. The van der Waals surface area contributed by atoms with Gasteiger partial charge in [-0.05, 0) is 5.92 Å². The Morgan fingerprint density at radius 2 is 2.05 bits per heavy atom. The molecule has 0 spiro atoms. The van der Waals surface area contributed by atoms with Gasteiger partial charge in [-0.25, -0.2) is 4.98 Å². The minimum Gasteiger partial charge on any atom is -0.363 e. The van der Waals surface area contributed by atoms with Crippen LogP contribution >= 0.6 is 12.4 Å². The Balaban J connectivity index is 0.00000242. The van der Waals surface area contributed by atoms with Gasteiger partial charge in [-0.3, -0.25) is 9.36 Å². The zero-order chi connectivity index (χ0) is 15.4. The third-order valence-electron chi connectivity index (χ3n) is 3.40. The summed E-state index contributed by atoms with van der Waals surface area (Å²) in [7, 11) is 6.11. The highest BCUT2D eigenvalue weighted by Gasteiger charge is 2.19. The molecule has 2 rings (SSSR count). The molecule has 1 N–H and O–H groups in total. The minimum atomic E-state index is 0. The van der Waals surface area contributed by atoms with Crippen molar-refractivity contribution < 1.29 is 0 Å². The molecule has 0 unspecified atom stereocenters. The molecule has 7 nitrogen and oxygen atoms in total. The van der Waals surface area contributed by atoms with Crippen LogP contribution in [0.3, 0.4) is 0 Å². The van der Waals surface area contributed by atoms with E-state index in [1.165, 1.54) is 5.56 Å². The number of hydrogen-bond acceptors (Lipinski definition) is 5. The Morgan fingerprint density at radius 1 is 1.32 bits per heavy atom. The summed E-state index contributed by atoms with van der Waals surface area (Å²) in [6.45, 7) is 6.84. The monoisotopic (exact) mass is 327 g/mol. The molecule has 2 aromatic heterocycles. The Kier molecular flexibility index (Phi) is 6.83. The van der Waals surface area contributed by atoms with Gasteiger partial charge in [0, 0.05) is 39.8 Å². The van der Waals surface area contributed by atoms with Crippen molar-refractivity contribution in [1.82, 2.24) is 29.9 Å². The van der Waals surface area contributed by atoms with Crippen LogP contribution in [0.5, 0.6) is 0 Å². The van der Waals surface area contributed by atoms with Crippen LogP contribution in [-0.4, -0.2) is 45.2 Å². The van der Waals surface area contributed by atoms with Crippen LogP contribution in [0.25, 0.3) is 0 Å². The summed E-state index contributed by atoms with van der Waals surface area (Å²) in [6, 6.07) is 0. The molecule has 8 heteroatoms. The lowest BCUT2D eigenvalue weighted by Gasteiger charge is -2.16. The average Bonchev–Trinajstić information content (AvgIpc) is 3.02. The normalized spacial score (nSPS) is 10.8. The van der Waals surface area contributed by atoms with Gasteiger partial charge in [-0.1, -0.05) is 13.8 Å². The number of nitrogens with one attached hydrogen (secondary N) is 1. The van der Waals surface area contributed by atoms with Crippen LogP contribution in [0.15, 0.2) is 12.7 Å². The van der Waals surface area contributed by atoms with E-state index in [9.17, 15) is 0 Å². The van der Waals surface area contributed by atoms with E-state index in [2.05, 4.69) is 53.3 Å². The predicted octanol–water partition coefficient (Wildman–Crippen LogP) is 1.41. The van der Waals surface area contributed by atoms with E-state index in [1.807, 2.05) is 16.4 Å². The number of rotatable bonds is 7. The largest absolute Gasteiger partial charge is 0.363 e. The summed E-state index contributed by atoms with van der Waals surface area (Å²) in [4.78, 5) is 6.06. The maximum absolute atomic E-state index is 4.67. The molecule has 0 fully saturated rings. The molecule has 0 saturated carbocycles. The molecule has 22 heavy (non-hydrogen) atoms. The summed E-state index contributed by atoms with van der Waals surface area (Å²) in [5, 5.41) is 12.2. The lowest BCUT2D eigenvalue weighted by molar-refractivity contribution is 0.552. The standard InChI is InChI=1S/C14H25N7.ClH/c1-11(2)13-12(14(19(3)4)20(5)18-13)8-15-6-7-21-10-16-9-17-21;/h9-11,15H,6-8H2,1-5H3;1H.